The van der Waals surface area contributed by atoms with Gasteiger partial charge >= 0.3 is 0 Å². The number of nitrogens with zero attached hydrogens (tertiary/aromatic N) is 1. The molecule has 106 valence electrons. The van der Waals surface area contributed by atoms with Gasteiger partial charge in [-0.2, -0.15) is 5.48 Å². The normalized spacial score (nSPS) is 10.7. The van der Waals surface area contributed by atoms with Gasteiger partial charge in [0.15, 0.2) is 0 Å². The first-order valence-electron chi connectivity index (χ1n) is 5.99. The molecule has 0 aliphatic carbocycles. The van der Waals surface area contributed by atoms with Crippen LogP contribution in [0.1, 0.15) is 12.1 Å². The molecule has 0 spiro atoms. The van der Waals surface area contributed by atoms with Gasteiger partial charge in [-0.25, -0.2) is 4.98 Å². The van der Waals surface area contributed by atoms with Crippen LogP contribution in [0.5, 0.6) is 0 Å². The average molecular weight is 310 g/mol. The summed E-state index contributed by atoms with van der Waals surface area (Å²) in [6.45, 7) is 0. The highest BCUT2D eigenvalue weighted by atomic mass is 32.2. The molecule has 1 aromatic heterocycles. The molecule has 1 N–H and O–H groups in total. The molecule has 2 aromatic rings. The summed E-state index contributed by atoms with van der Waals surface area (Å²) in [4.78, 5) is 20.4. The fraction of sp³-hybridized carbons (Fsp3) is 0.231. The molecule has 7 heteroatoms. The molecule has 0 fully saturated rings. The van der Waals surface area contributed by atoms with E-state index in [-0.39, 0.29) is 0 Å². The SMILES string of the molecule is CNOOSc1ccc(-c2nc(CCC=O)cs2)cc1. The molecule has 1 heterocycles. The third kappa shape index (κ3) is 4.39. The number of rotatable bonds is 8. The van der Waals surface area contributed by atoms with E-state index in [0.29, 0.717) is 12.8 Å². The van der Waals surface area contributed by atoms with E-state index in [1.165, 1.54) is 0 Å². The van der Waals surface area contributed by atoms with E-state index in [2.05, 4.69) is 15.5 Å². The van der Waals surface area contributed by atoms with Crippen LogP contribution in [-0.4, -0.2) is 18.3 Å². The highest BCUT2D eigenvalue weighted by Gasteiger charge is 2.05. The number of aryl methyl sites for hydroxylation is 1. The van der Waals surface area contributed by atoms with Gasteiger partial charge < -0.3 is 4.79 Å². The second-order valence-corrected chi connectivity index (χ2v) is 5.44. The minimum Gasteiger partial charge on any atom is -0.303 e. The van der Waals surface area contributed by atoms with E-state index >= 15 is 0 Å². The van der Waals surface area contributed by atoms with Crippen molar-refractivity contribution >= 4 is 29.7 Å². The Labute approximate surface area is 125 Å². The minimum absolute atomic E-state index is 0.515. The number of nitrogens with one attached hydrogen (secondary N) is 1. The Bertz CT molecular complexity index is 543. The van der Waals surface area contributed by atoms with E-state index in [1.807, 2.05) is 29.6 Å². The van der Waals surface area contributed by atoms with Crippen LogP contribution in [0.3, 0.4) is 0 Å². The van der Waals surface area contributed by atoms with Crippen molar-refractivity contribution in [1.29, 1.82) is 0 Å². The quantitative estimate of drug-likeness (QED) is 0.266. The summed E-state index contributed by atoms with van der Waals surface area (Å²) in [6, 6.07) is 7.83. The van der Waals surface area contributed by atoms with E-state index in [1.54, 1.807) is 18.4 Å². The summed E-state index contributed by atoms with van der Waals surface area (Å²) in [5, 5.41) is 2.94. The van der Waals surface area contributed by atoms with Gasteiger partial charge in [-0.1, -0.05) is 12.1 Å². The minimum atomic E-state index is 0.515. The van der Waals surface area contributed by atoms with Gasteiger partial charge in [0, 0.05) is 29.3 Å². The van der Waals surface area contributed by atoms with Gasteiger partial charge in [-0.05, 0) is 18.6 Å². The molecule has 0 aliphatic heterocycles. The average Bonchev–Trinajstić information content (AvgIpc) is 2.95. The smallest absolute Gasteiger partial charge is 0.123 e. The van der Waals surface area contributed by atoms with Crippen molar-refractivity contribution in [3.05, 3.63) is 35.3 Å². The highest BCUT2D eigenvalue weighted by molar-refractivity contribution is 7.94. The van der Waals surface area contributed by atoms with Gasteiger partial charge in [0.05, 0.1) is 17.7 Å². The van der Waals surface area contributed by atoms with Crippen LogP contribution in [0, 0.1) is 0 Å². The summed E-state index contributed by atoms with van der Waals surface area (Å²) in [6.07, 6.45) is 2.13. The second kappa shape index (κ2) is 8.13. The zero-order valence-corrected chi connectivity index (χ0v) is 12.5. The predicted molar refractivity (Wildman–Crippen MR) is 79.0 cm³/mol. The van der Waals surface area contributed by atoms with Crippen molar-refractivity contribution in [3.63, 3.8) is 0 Å². The number of benzene rings is 1. The number of aromatic nitrogens is 1. The molecular formula is C13H14N2O3S2. The lowest BCUT2D eigenvalue weighted by molar-refractivity contribution is -0.237. The molecule has 0 aliphatic rings. The van der Waals surface area contributed by atoms with E-state index < -0.39 is 0 Å². The summed E-state index contributed by atoms with van der Waals surface area (Å²) in [5.41, 5.74) is 4.43. The first kappa shape index (κ1) is 15.1. The van der Waals surface area contributed by atoms with E-state index in [0.717, 1.165) is 39.5 Å². The Morgan fingerprint density at radius 1 is 1.40 bits per heavy atom. The number of carbonyl (C=O) groups is 1. The summed E-state index contributed by atoms with van der Waals surface area (Å²) < 4.78 is 4.82. The first-order chi connectivity index (χ1) is 9.83. The van der Waals surface area contributed by atoms with Crippen molar-refractivity contribution in [2.75, 3.05) is 7.05 Å². The number of hydrogen-bond donors (Lipinski definition) is 1. The monoisotopic (exact) mass is 310 g/mol. The van der Waals surface area contributed by atoms with Crippen LogP contribution < -0.4 is 5.48 Å². The number of hydroxylamine groups is 1. The van der Waals surface area contributed by atoms with Crippen LogP contribution in [0.15, 0.2) is 34.5 Å². The van der Waals surface area contributed by atoms with Gasteiger partial charge in [-0.15, -0.1) is 20.7 Å². The lowest BCUT2D eigenvalue weighted by Crippen LogP contribution is -2.03. The standard InChI is InChI=1S/C13H14N2O3S2/c1-14-17-18-20-12-6-4-10(5-7-12)13-15-11(9-19-13)3-2-8-16/h4-9,14H,2-3H2,1H3. The van der Waals surface area contributed by atoms with Gasteiger partial charge in [0.25, 0.3) is 0 Å². The fourth-order valence-corrected chi connectivity index (χ4v) is 2.79. The first-order valence-corrected chi connectivity index (χ1v) is 7.61. The van der Waals surface area contributed by atoms with Crippen LogP contribution in [0.4, 0.5) is 0 Å². The molecule has 0 saturated carbocycles. The van der Waals surface area contributed by atoms with Crippen molar-refractivity contribution in [2.45, 2.75) is 17.7 Å². The largest absolute Gasteiger partial charge is 0.303 e. The Balaban J connectivity index is 1.98. The van der Waals surface area contributed by atoms with Crippen LogP contribution in [0.25, 0.3) is 10.6 Å². The molecule has 0 atom stereocenters. The highest BCUT2D eigenvalue weighted by Crippen LogP contribution is 2.27. The molecule has 20 heavy (non-hydrogen) atoms. The molecule has 0 bridgehead atoms. The fourth-order valence-electron chi connectivity index (χ4n) is 1.50. The summed E-state index contributed by atoms with van der Waals surface area (Å²) in [7, 11) is 1.62. The Morgan fingerprint density at radius 3 is 2.90 bits per heavy atom. The molecule has 2 rings (SSSR count). The third-order valence-electron chi connectivity index (χ3n) is 2.42. The van der Waals surface area contributed by atoms with Crippen LogP contribution in [0.2, 0.25) is 0 Å². The molecule has 0 radical (unpaired) electrons. The number of hydrogen-bond acceptors (Lipinski definition) is 7. The third-order valence-corrected chi connectivity index (χ3v) is 3.96. The zero-order chi connectivity index (χ0) is 14.2. The Kier molecular flexibility index (Phi) is 6.16. The Morgan fingerprint density at radius 2 is 2.20 bits per heavy atom. The van der Waals surface area contributed by atoms with Crippen molar-refractivity contribution in [2.24, 2.45) is 0 Å². The molecule has 0 unspecified atom stereocenters. The lowest BCUT2D eigenvalue weighted by Gasteiger charge is -2.01. The second-order valence-electron chi connectivity index (χ2n) is 3.81. The van der Waals surface area contributed by atoms with Gasteiger partial charge in [-0.3, -0.25) is 0 Å². The molecule has 5 nitrogen and oxygen atoms in total. The van der Waals surface area contributed by atoms with E-state index in [4.69, 9.17) is 4.33 Å². The maximum atomic E-state index is 10.3. The van der Waals surface area contributed by atoms with E-state index in [9.17, 15) is 4.79 Å². The number of carbonyl (C=O) groups excluding carboxylic acids is 1. The van der Waals surface area contributed by atoms with Crippen molar-refractivity contribution in [1.82, 2.24) is 10.5 Å². The van der Waals surface area contributed by atoms with Crippen molar-refractivity contribution < 1.29 is 14.1 Å². The number of thiazole rings is 1. The van der Waals surface area contributed by atoms with Gasteiger partial charge in [0.1, 0.15) is 11.3 Å². The zero-order valence-electron chi connectivity index (χ0n) is 10.9. The maximum absolute atomic E-state index is 10.3. The molecule has 0 saturated heterocycles. The van der Waals surface area contributed by atoms with Crippen molar-refractivity contribution in [3.8, 4) is 10.6 Å². The molecule has 1 aromatic carbocycles. The van der Waals surface area contributed by atoms with Crippen LogP contribution in [-0.2, 0) is 20.5 Å². The summed E-state index contributed by atoms with van der Waals surface area (Å²) in [5.74, 6) is 0. The Hall–Kier alpha value is -1.25. The molecule has 0 amide bonds. The number of aldehydes is 1. The van der Waals surface area contributed by atoms with Gasteiger partial charge in [0.2, 0.25) is 0 Å². The maximum Gasteiger partial charge on any atom is 0.123 e. The molecular weight excluding hydrogens is 296 g/mol. The summed E-state index contributed by atoms with van der Waals surface area (Å²) >= 11 is 2.71. The topological polar surface area (TPSA) is 60.4 Å². The lowest BCUT2D eigenvalue weighted by atomic mass is 10.2. The predicted octanol–water partition coefficient (Wildman–Crippen LogP) is 3.03. The van der Waals surface area contributed by atoms with Crippen LogP contribution >= 0.6 is 23.4 Å².